The third kappa shape index (κ3) is 4.58. The van der Waals surface area contributed by atoms with E-state index in [0.717, 1.165) is 0 Å². The first-order valence-corrected chi connectivity index (χ1v) is 12.7. The average Bonchev–Trinajstić information content (AvgIpc) is 3.32. The van der Waals surface area contributed by atoms with Gasteiger partial charge in [-0.1, -0.05) is 152 Å². The van der Waals surface area contributed by atoms with E-state index in [0.29, 0.717) is 29.6 Å². The van der Waals surface area contributed by atoms with E-state index in [-0.39, 0.29) is 17.1 Å². The Balaban J connectivity index is 0.00000267. The molecular weight excluding hydrogens is 476 g/mol. The summed E-state index contributed by atoms with van der Waals surface area (Å²) in [6, 6.07) is 56.1. The smallest absolute Gasteiger partial charge is 0 e. The number of hydrogen-bond acceptors (Lipinski definition) is 0. The van der Waals surface area contributed by atoms with Crippen LogP contribution >= 0.6 is 0 Å². The largest absolute Gasteiger partial charge is 0.0622 e. The van der Waals surface area contributed by atoms with E-state index in [4.69, 9.17) is 0 Å². The first-order chi connectivity index (χ1) is 17.4. The molecule has 0 unspecified atom stereocenters. The number of rotatable bonds is 5. The van der Waals surface area contributed by atoms with Crippen LogP contribution in [0.15, 0.2) is 152 Å². The van der Waals surface area contributed by atoms with Gasteiger partial charge < -0.3 is 0 Å². The summed E-state index contributed by atoms with van der Waals surface area (Å²) in [7, 11) is 0. The average molecular weight is 506 g/mol. The summed E-state index contributed by atoms with van der Waals surface area (Å²) in [4.78, 5) is 0. The van der Waals surface area contributed by atoms with E-state index >= 15 is 0 Å². The molecule has 0 N–H and O–H groups in total. The number of benzene rings is 5. The van der Waals surface area contributed by atoms with Crippen LogP contribution in [-0.2, 0) is 17.1 Å². The van der Waals surface area contributed by atoms with Gasteiger partial charge in [0.05, 0.1) is 0 Å². The van der Waals surface area contributed by atoms with Gasteiger partial charge in [0.25, 0.3) is 0 Å². The second kappa shape index (κ2) is 11.1. The predicted octanol–water partition coefficient (Wildman–Crippen LogP) is 8.92. The molecule has 1 heteroatoms. The quantitative estimate of drug-likeness (QED) is 0.209. The molecule has 6 rings (SSSR count). The molecule has 0 aliphatic heterocycles. The van der Waals surface area contributed by atoms with E-state index < -0.39 is 0 Å². The van der Waals surface area contributed by atoms with Crippen molar-refractivity contribution in [3.63, 3.8) is 0 Å². The summed E-state index contributed by atoms with van der Waals surface area (Å²) in [6.45, 7) is 0. The van der Waals surface area contributed by atoms with Crippen molar-refractivity contribution in [1.29, 1.82) is 0 Å². The Hall–Kier alpha value is -3.38. The molecule has 0 amide bonds. The summed E-state index contributed by atoms with van der Waals surface area (Å²) in [5.74, 6) is 1.79. The van der Waals surface area contributed by atoms with E-state index in [1.165, 1.54) is 27.8 Å². The molecule has 36 heavy (non-hydrogen) atoms. The Morgan fingerprint density at radius 1 is 0.222 bits per heavy atom. The Kier molecular flexibility index (Phi) is 7.52. The fraction of sp³-hybridized carbons (Fsp3) is 0.143. The Morgan fingerprint density at radius 2 is 0.361 bits per heavy atom. The zero-order valence-electron chi connectivity index (χ0n) is 20.2. The first kappa shape index (κ1) is 24.3. The van der Waals surface area contributed by atoms with E-state index in [1.807, 2.05) is 0 Å². The van der Waals surface area contributed by atoms with Crippen LogP contribution in [0.2, 0.25) is 0 Å². The van der Waals surface area contributed by atoms with Gasteiger partial charge in [0.2, 0.25) is 0 Å². The van der Waals surface area contributed by atoms with Crippen molar-refractivity contribution in [2.24, 2.45) is 0 Å². The van der Waals surface area contributed by atoms with Gasteiger partial charge in [0, 0.05) is 17.1 Å². The molecule has 1 fully saturated rings. The standard InChI is InChI=1S/C35H30.Fe/c1-6-16-26(17-7-1)31-32(27-18-8-2-9-19-27)34(29-22-12-4-13-23-29)35(30-24-14-5-15-25-30)33(31)28-20-10-3-11-21-28;/h1-25,31-35H;. The third-order valence-electron chi connectivity index (χ3n) is 7.86. The maximum absolute atomic E-state index is 2.34. The molecule has 5 aromatic carbocycles. The fourth-order valence-corrected chi connectivity index (χ4v) is 6.57. The van der Waals surface area contributed by atoms with Crippen molar-refractivity contribution in [3.8, 4) is 0 Å². The normalized spacial score (nSPS) is 23.1. The fourth-order valence-electron chi connectivity index (χ4n) is 6.57. The van der Waals surface area contributed by atoms with Gasteiger partial charge in [-0.2, -0.15) is 0 Å². The summed E-state index contributed by atoms with van der Waals surface area (Å²) in [6.07, 6.45) is 0. The molecule has 0 radical (unpaired) electrons. The summed E-state index contributed by atoms with van der Waals surface area (Å²) < 4.78 is 0. The Bertz CT molecular complexity index is 1070. The number of hydrogen-bond donors (Lipinski definition) is 0. The molecule has 0 saturated heterocycles. The topological polar surface area (TPSA) is 0 Å². The van der Waals surface area contributed by atoms with Crippen LogP contribution in [0.25, 0.3) is 0 Å². The maximum atomic E-state index is 2.34. The zero-order chi connectivity index (χ0) is 23.5. The molecule has 1 saturated carbocycles. The van der Waals surface area contributed by atoms with Crippen molar-refractivity contribution >= 4 is 0 Å². The van der Waals surface area contributed by atoms with Gasteiger partial charge in [-0.3, -0.25) is 0 Å². The second-order valence-corrected chi connectivity index (χ2v) is 9.68. The third-order valence-corrected chi connectivity index (χ3v) is 7.86. The molecule has 1 aliphatic rings. The minimum Gasteiger partial charge on any atom is -0.0622 e. The van der Waals surface area contributed by atoms with E-state index in [1.54, 1.807) is 0 Å². The monoisotopic (exact) mass is 506 g/mol. The van der Waals surface area contributed by atoms with Crippen molar-refractivity contribution < 1.29 is 17.1 Å². The van der Waals surface area contributed by atoms with Crippen LogP contribution < -0.4 is 0 Å². The van der Waals surface area contributed by atoms with E-state index in [9.17, 15) is 0 Å². The molecule has 0 spiro atoms. The molecule has 0 bridgehead atoms. The zero-order valence-corrected chi connectivity index (χ0v) is 21.3. The van der Waals surface area contributed by atoms with Crippen molar-refractivity contribution in [1.82, 2.24) is 0 Å². The van der Waals surface area contributed by atoms with Crippen LogP contribution in [-0.4, -0.2) is 0 Å². The van der Waals surface area contributed by atoms with Gasteiger partial charge in [-0.25, -0.2) is 0 Å². The Morgan fingerprint density at radius 3 is 0.500 bits per heavy atom. The van der Waals surface area contributed by atoms with Crippen LogP contribution in [0.3, 0.4) is 0 Å². The molecule has 178 valence electrons. The summed E-state index contributed by atoms with van der Waals surface area (Å²) in [5, 5.41) is 0. The van der Waals surface area contributed by atoms with Crippen LogP contribution in [0.1, 0.15) is 57.4 Å². The van der Waals surface area contributed by atoms with Crippen molar-refractivity contribution in [2.45, 2.75) is 29.6 Å². The van der Waals surface area contributed by atoms with Crippen molar-refractivity contribution in [2.75, 3.05) is 0 Å². The van der Waals surface area contributed by atoms with Crippen molar-refractivity contribution in [3.05, 3.63) is 179 Å². The van der Waals surface area contributed by atoms with Gasteiger partial charge in [-0.05, 0) is 57.4 Å². The van der Waals surface area contributed by atoms with Gasteiger partial charge in [-0.15, -0.1) is 0 Å². The van der Waals surface area contributed by atoms with Gasteiger partial charge in [0.15, 0.2) is 0 Å². The Labute approximate surface area is 225 Å². The molecule has 0 atom stereocenters. The van der Waals surface area contributed by atoms with E-state index in [2.05, 4.69) is 152 Å². The van der Waals surface area contributed by atoms with Gasteiger partial charge >= 0.3 is 0 Å². The van der Waals surface area contributed by atoms with Crippen LogP contribution in [0, 0.1) is 0 Å². The minimum absolute atomic E-state index is 0. The summed E-state index contributed by atoms with van der Waals surface area (Å²) in [5.41, 5.74) is 7.13. The molecule has 1 aliphatic carbocycles. The van der Waals surface area contributed by atoms with Crippen LogP contribution in [0.4, 0.5) is 0 Å². The molecule has 0 aromatic heterocycles. The molecule has 5 aromatic rings. The first-order valence-electron chi connectivity index (χ1n) is 12.7. The molecular formula is C35H30Fe. The summed E-state index contributed by atoms with van der Waals surface area (Å²) >= 11 is 0. The maximum Gasteiger partial charge on any atom is 0 e. The second-order valence-electron chi connectivity index (χ2n) is 9.68. The molecule has 0 nitrogen and oxygen atoms in total. The SMILES string of the molecule is [Fe].c1ccc(C2C(c3ccccc3)C(c3ccccc3)C(c3ccccc3)C2c2ccccc2)cc1. The minimum atomic E-state index is 0. The molecule has 0 heterocycles. The van der Waals surface area contributed by atoms with Gasteiger partial charge in [0.1, 0.15) is 0 Å². The predicted molar refractivity (Wildman–Crippen MR) is 146 cm³/mol. The van der Waals surface area contributed by atoms with Crippen LogP contribution in [0.5, 0.6) is 0 Å².